The minimum atomic E-state index is -0.491. The molecule has 0 N–H and O–H groups in total. The number of hydrogen-bond donors (Lipinski definition) is 0. The molecule has 6 heteroatoms. The lowest BCUT2D eigenvalue weighted by molar-refractivity contribution is -0.151. The smallest absolute Gasteiger partial charge is 0.328 e. The van der Waals surface area contributed by atoms with E-state index in [2.05, 4.69) is 0 Å². The SMILES string of the molecule is COC(=O)C1CCCN1C(=O)COc1cc(C)c(Cl)c(C)c1. The first-order chi connectivity index (χ1) is 10.4. The van der Waals surface area contributed by atoms with Gasteiger partial charge in [-0.3, -0.25) is 4.79 Å². The highest BCUT2D eigenvalue weighted by molar-refractivity contribution is 6.32. The van der Waals surface area contributed by atoms with Gasteiger partial charge in [-0.15, -0.1) is 0 Å². The molecule has 5 nitrogen and oxygen atoms in total. The third-order valence-electron chi connectivity index (χ3n) is 3.82. The van der Waals surface area contributed by atoms with Crippen molar-refractivity contribution in [2.45, 2.75) is 32.7 Å². The summed E-state index contributed by atoms with van der Waals surface area (Å²) in [6.45, 7) is 4.23. The molecule has 0 saturated carbocycles. The Morgan fingerprint density at radius 3 is 2.55 bits per heavy atom. The molecule has 0 radical (unpaired) electrons. The summed E-state index contributed by atoms with van der Waals surface area (Å²) in [4.78, 5) is 25.4. The van der Waals surface area contributed by atoms with E-state index in [4.69, 9.17) is 21.1 Å². The number of hydrogen-bond acceptors (Lipinski definition) is 4. The standard InChI is InChI=1S/C16H20ClNO4/c1-10-7-12(8-11(2)15(10)17)22-9-14(19)18-6-4-5-13(18)16(20)21-3/h7-8,13H,4-6,9H2,1-3H3. The highest BCUT2D eigenvalue weighted by Crippen LogP contribution is 2.26. The van der Waals surface area contributed by atoms with Crippen LogP contribution in [0.2, 0.25) is 5.02 Å². The van der Waals surface area contributed by atoms with E-state index >= 15 is 0 Å². The summed E-state index contributed by atoms with van der Waals surface area (Å²) in [5.74, 6) is 0.0174. The first-order valence-electron chi connectivity index (χ1n) is 7.21. The molecule has 1 atom stereocenters. The second kappa shape index (κ2) is 7.01. The van der Waals surface area contributed by atoms with E-state index in [0.29, 0.717) is 23.7 Å². The molecule has 0 bridgehead atoms. The number of carbonyl (C=O) groups is 2. The molecule has 22 heavy (non-hydrogen) atoms. The Labute approximate surface area is 135 Å². The van der Waals surface area contributed by atoms with Crippen LogP contribution >= 0.6 is 11.6 Å². The predicted molar refractivity (Wildman–Crippen MR) is 83.2 cm³/mol. The van der Waals surface area contributed by atoms with Gasteiger partial charge in [-0.25, -0.2) is 4.79 Å². The topological polar surface area (TPSA) is 55.8 Å². The lowest BCUT2D eigenvalue weighted by Crippen LogP contribution is -2.43. The number of ether oxygens (including phenoxy) is 2. The first kappa shape index (κ1) is 16.6. The fourth-order valence-corrected chi connectivity index (χ4v) is 2.77. The van der Waals surface area contributed by atoms with Crippen molar-refractivity contribution in [3.8, 4) is 5.75 Å². The molecule has 1 aliphatic rings. The van der Waals surface area contributed by atoms with E-state index in [-0.39, 0.29) is 18.5 Å². The van der Waals surface area contributed by atoms with Gasteiger partial charge in [0, 0.05) is 11.6 Å². The van der Waals surface area contributed by atoms with Gasteiger partial charge < -0.3 is 14.4 Å². The van der Waals surface area contributed by atoms with Crippen LogP contribution in [-0.2, 0) is 14.3 Å². The molecule has 1 aromatic rings. The van der Waals surface area contributed by atoms with Crippen molar-refractivity contribution in [3.63, 3.8) is 0 Å². The molecule has 1 heterocycles. The van der Waals surface area contributed by atoms with Crippen LogP contribution in [-0.4, -0.2) is 43.1 Å². The Bertz CT molecular complexity index is 565. The number of rotatable bonds is 4. The Morgan fingerprint density at radius 2 is 1.95 bits per heavy atom. The van der Waals surface area contributed by atoms with E-state index in [1.807, 2.05) is 13.8 Å². The molecule has 1 aromatic carbocycles. The Hall–Kier alpha value is -1.75. The van der Waals surface area contributed by atoms with Gasteiger partial charge in [-0.1, -0.05) is 11.6 Å². The quantitative estimate of drug-likeness (QED) is 0.798. The van der Waals surface area contributed by atoms with Crippen LogP contribution in [0, 0.1) is 13.8 Å². The number of aryl methyl sites for hydroxylation is 2. The maximum atomic E-state index is 12.3. The molecular weight excluding hydrogens is 306 g/mol. The number of likely N-dealkylation sites (tertiary alicyclic amines) is 1. The van der Waals surface area contributed by atoms with Gasteiger partial charge in [0.25, 0.3) is 5.91 Å². The number of esters is 1. The van der Waals surface area contributed by atoms with Crippen molar-refractivity contribution in [2.24, 2.45) is 0 Å². The van der Waals surface area contributed by atoms with Crippen molar-refractivity contribution in [1.82, 2.24) is 4.90 Å². The molecule has 0 aliphatic carbocycles. The minimum absolute atomic E-state index is 0.103. The number of methoxy groups -OCH3 is 1. The zero-order valence-corrected chi connectivity index (χ0v) is 13.8. The lowest BCUT2D eigenvalue weighted by Gasteiger charge is -2.22. The molecule has 2 rings (SSSR count). The van der Waals surface area contributed by atoms with Gasteiger partial charge in [-0.05, 0) is 49.9 Å². The number of amides is 1. The average Bonchev–Trinajstić information content (AvgIpc) is 2.98. The van der Waals surface area contributed by atoms with Crippen LogP contribution in [0.5, 0.6) is 5.75 Å². The summed E-state index contributed by atoms with van der Waals surface area (Å²) >= 11 is 6.10. The maximum Gasteiger partial charge on any atom is 0.328 e. The summed E-state index contributed by atoms with van der Waals surface area (Å²) in [5.41, 5.74) is 1.80. The zero-order chi connectivity index (χ0) is 16.3. The van der Waals surface area contributed by atoms with E-state index < -0.39 is 6.04 Å². The third kappa shape index (κ3) is 3.53. The zero-order valence-electron chi connectivity index (χ0n) is 13.0. The Morgan fingerprint density at radius 1 is 1.32 bits per heavy atom. The van der Waals surface area contributed by atoms with E-state index in [1.165, 1.54) is 12.0 Å². The van der Waals surface area contributed by atoms with Gasteiger partial charge in [0.05, 0.1) is 7.11 Å². The molecular formula is C16H20ClNO4. The number of nitrogens with zero attached hydrogens (tertiary/aromatic N) is 1. The second-order valence-electron chi connectivity index (χ2n) is 5.43. The third-order valence-corrected chi connectivity index (χ3v) is 4.41. The van der Waals surface area contributed by atoms with Crippen molar-refractivity contribution >= 4 is 23.5 Å². The molecule has 120 valence electrons. The summed E-state index contributed by atoms with van der Waals surface area (Å²) < 4.78 is 10.3. The molecule has 0 spiro atoms. The molecule has 1 amide bonds. The summed E-state index contributed by atoms with van der Waals surface area (Å²) in [7, 11) is 1.33. The highest BCUT2D eigenvalue weighted by atomic mass is 35.5. The fourth-order valence-electron chi connectivity index (χ4n) is 2.66. The fraction of sp³-hybridized carbons (Fsp3) is 0.500. The van der Waals surface area contributed by atoms with Crippen LogP contribution in [0.3, 0.4) is 0 Å². The summed E-state index contributed by atoms with van der Waals surface area (Å²) in [5, 5.41) is 0.698. The highest BCUT2D eigenvalue weighted by Gasteiger charge is 2.34. The monoisotopic (exact) mass is 325 g/mol. The number of halogens is 1. The first-order valence-corrected chi connectivity index (χ1v) is 7.58. The average molecular weight is 326 g/mol. The van der Waals surface area contributed by atoms with Crippen LogP contribution in [0.1, 0.15) is 24.0 Å². The maximum absolute atomic E-state index is 12.3. The number of benzene rings is 1. The summed E-state index contributed by atoms with van der Waals surface area (Å²) in [6, 6.07) is 3.10. The van der Waals surface area contributed by atoms with E-state index in [9.17, 15) is 9.59 Å². The predicted octanol–water partition coefficient (Wildman–Crippen LogP) is 2.50. The van der Waals surface area contributed by atoms with Crippen molar-refractivity contribution in [1.29, 1.82) is 0 Å². The van der Waals surface area contributed by atoms with Crippen molar-refractivity contribution in [3.05, 3.63) is 28.3 Å². The van der Waals surface area contributed by atoms with Crippen molar-refractivity contribution < 1.29 is 19.1 Å². The molecule has 0 aromatic heterocycles. The van der Waals surface area contributed by atoms with Gasteiger partial charge in [0.1, 0.15) is 11.8 Å². The second-order valence-corrected chi connectivity index (χ2v) is 5.81. The van der Waals surface area contributed by atoms with E-state index in [0.717, 1.165) is 17.5 Å². The van der Waals surface area contributed by atoms with Gasteiger partial charge >= 0.3 is 5.97 Å². The van der Waals surface area contributed by atoms with Gasteiger partial charge in [0.15, 0.2) is 6.61 Å². The van der Waals surface area contributed by atoms with Gasteiger partial charge in [-0.2, -0.15) is 0 Å². The van der Waals surface area contributed by atoms with E-state index in [1.54, 1.807) is 12.1 Å². The Kier molecular flexibility index (Phi) is 5.29. The van der Waals surface area contributed by atoms with Crippen LogP contribution in [0.4, 0.5) is 0 Å². The minimum Gasteiger partial charge on any atom is -0.484 e. The van der Waals surface area contributed by atoms with Crippen LogP contribution in [0.25, 0.3) is 0 Å². The van der Waals surface area contributed by atoms with Gasteiger partial charge in [0.2, 0.25) is 0 Å². The largest absolute Gasteiger partial charge is 0.484 e. The molecule has 1 saturated heterocycles. The summed E-state index contributed by atoms with van der Waals surface area (Å²) in [6.07, 6.45) is 1.43. The Balaban J connectivity index is 1.99. The lowest BCUT2D eigenvalue weighted by atomic mass is 10.1. The van der Waals surface area contributed by atoms with Crippen molar-refractivity contribution in [2.75, 3.05) is 20.3 Å². The molecule has 1 aliphatic heterocycles. The number of carbonyl (C=O) groups excluding carboxylic acids is 2. The van der Waals surface area contributed by atoms with Crippen LogP contribution < -0.4 is 4.74 Å². The normalized spacial score (nSPS) is 17.5. The molecule has 1 fully saturated rings. The molecule has 1 unspecified atom stereocenters. The van der Waals surface area contributed by atoms with Crippen LogP contribution in [0.15, 0.2) is 12.1 Å².